The highest BCUT2D eigenvalue weighted by atomic mass is 32.1. The summed E-state index contributed by atoms with van der Waals surface area (Å²) in [6, 6.07) is 5.92. The molecule has 1 aromatic rings. The maximum absolute atomic E-state index is 5.67. The van der Waals surface area contributed by atoms with Crippen molar-refractivity contribution < 1.29 is 0 Å². The van der Waals surface area contributed by atoms with Crippen LogP contribution in [0.2, 0.25) is 0 Å². The maximum Gasteiger partial charge on any atom is 0.129 e. The van der Waals surface area contributed by atoms with Crippen molar-refractivity contribution in [2.75, 3.05) is 18.0 Å². The quantitative estimate of drug-likeness (QED) is 0.848. The summed E-state index contributed by atoms with van der Waals surface area (Å²) in [5.74, 6) is 1.79. The minimum Gasteiger partial charge on any atom is -0.388 e. The first-order valence-corrected chi connectivity index (χ1v) is 7.80. The van der Waals surface area contributed by atoms with Crippen LogP contribution < -0.4 is 10.6 Å². The normalized spacial score (nSPS) is 20.6. The molecule has 1 saturated heterocycles. The molecule has 1 aliphatic heterocycles. The molecular formula is C16H25N3S. The number of hydrogen-bond acceptors (Lipinski definition) is 3. The standard InChI is InChI=1S/C16H25N3S/c1-16(2,3)12-6-5-10-19(11-9-12)14-8-4-7-13(18-14)15(17)20/h4,7-8,12H,5-6,9-11H2,1-3H3,(H2,17,20). The summed E-state index contributed by atoms with van der Waals surface area (Å²) in [6.45, 7) is 9.17. The molecule has 1 aliphatic rings. The lowest BCUT2D eigenvalue weighted by atomic mass is 9.77. The van der Waals surface area contributed by atoms with Crippen molar-refractivity contribution in [2.24, 2.45) is 17.1 Å². The maximum atomic E-state index is 5.67. The van der Waals surface area contributed by atoms with Crippen LogP contribution in [0.25, 0.3) is 0 Å². The van der Waals surface area contributed by atoms with Crippen LogP contribution >= 0.6 is 12.2 Å². The number of nitrogens with zero attached hydrogens (tertiary/aromatic N) is 2. The molecule has 1 unspecified atom stereocenters. The Morgan fingerprint density at radius 3 is 2.70 bits per heavy atom. The molecule has 0 saturated carbocycles. The first-order chi connectivity index (χ1) is 9.38. The Bertz CT molecular complexity index is 479. The van der Waals surface area contributed by atoms with Crippen LogP contribution in [0.3, 0.4) is 0 Å². The van der Waals surface area contributed by atoms with Crippen LogP contribution in [-0.4, -0.2) is 23.1 Å². The summed E-state index contributed by atoms with van der Waals surface area (Å²) in [6.07, 6.45) is 3.75. The molecule has 1 atom stereocenters. The van der Waals surface area contributed by atoms with Crippen molar-refractivity contribution in [3.63, 3.8) is 0 Å². The molecule has 1 fully saturated rings. The first kappa shape index (κ1) is 15.2. The third kappa shape index (κ3) is 3.69. The first-order valence-electron chi connectivity index (χ1n) is 7.40. The summed E-state index contributed by atoms with van der Waals surface area (Å²) in [7, 11) is 0. The Morgan fingerprint density at radius 2 is 2.05 bits per heavy atom. The van der Waals surface area contributed by atoms with E-state index in [0.29, 0.717) is 16.1 Å². The van der Waals surface area contributed by atoms with E-state index in [2.05, 4.69) is 36.7 Å². The van der Waals surface area contributed by atoms with E-state index in [0.717, 1.165) is 24.8 Å². The molecule has 4 heteroatoms. The van der Waals surface area contributed by atoms with Crippen molar-refractivity contribution in [1.82, 2.24) is 4.98 Å². The smallest absolute Gasteiger partial charge is 0.129 e. The highest BCUT2D eigenvalue weighted by Gasteiger charge is 2.27. The molecule has 0 bridgehead atoms. The van der Waals surface area contributed by atoms with Gasteiger partial charge < -0.3 is 10.6 Å². The molecule has 3 nitrogen and oxygen atoms in total. The van der Waals surface area contributed by atoms with Crippen molar-refractivity contribution in [3.05, 3.63) is 23.9 Å². The SMILES string of the molecule is CC(C)(C)C1CCCN(c2cccc(C(N)=S)n2)CC1. The minimum atomic E-state index is 0.370. The number of hydrogen-bond donors (Lipinski definition) is 1. The van der Waals surface area contributed by atoms with E-state index in [1.807, 2.05) is 12.1 Å². The lowest BCUT2D eigenvalue weighted by Crippen LogP contribution is -2.27. The number of nitrogens with two attached hydrogens (primary N) is 1. The third-order valence-electron chi connectivity index (χ3n) is 4.26. The van der Waals surface area contributed by atoms with E-state index >= 15 is 0 Å². The van der Waals surface area contributed by atoms with Crippen LogP contribution in [0.1, 0.15) is 45.7 Å². The molecule has 1 aromatic heterocycles. The molecule has 2 rings (SSSR count). The number of rotatable bonds is 2. The van der Waals surface area contributed by atoms with Gasteiger partial charge in [0.15, 0.2) is 0 Å². The Labute approximate surface area is 127 Å². The van der Waals surface area contributed by atoms with Gasteiger partial charge in [0.2, 0.25) is 0 Å². The van der Waals surface area contributed by atoms with E-state index in [1.54, 1.807) is 0 Å². The zero-order valence-corrected chi connectivity index (χ0v) is 13.5. The molecule has 0 aromatic carbocycles. The van der Waals surface area contributed by atoms with Crippen LogP contribution in [0.15, 0.2) is 18.2 Å². The van der Waals surface area contributed by atoms with Gasteiger partial charge in [-0.1, -0.05) is 39.1 Å². The van der Waals surface area contributed by atoms with E-state index in [1.165, 1.54) is 19.3 Å². The molecule has 110 valence electrons. The van der Waals surface area contributed by atoms with E-state index in [4.69, 9.17) is 18.0 Å². The van der Waals surface area contributed by atoms with E-state index in [9.17, 15) is 0 Å². The topological polar surface area (TPSA) is 42.1 Å². The van der Waals surface area contributed by atoms with Crippen LogP contribution in [0.4, 0.5) is 5.82 Å². The zero-order chi connectivity index (χ0) is 14.8. The summed E-state index contributed by atoms with van der Waals surface area (Å²) in [5.41, 5.74) is 6.78. The van der Waals surface area contributed by atoms with E-state index < -0.39 is 0 Å². The van der Waals surface area contributed by atoms with Gasteiger partial charge in [0, 0.05) is 13.1 Å². The van der Waals surface area contributed by atoms with E-state index in [-0.39, 0.29) is 0 Å². The van der Waals surface area contributed by atoms with Gasteiger partial charge in [0.05, 0.1) is 5.69 Å². The second-order valence-electron chi connectivity index (χ2n) is 6.73. The number of aromatic nitrogens is 1. The van der Waals surface area contributed by atoms with Gasteiger partial charge >= 0.3 is 0 Å². The Balaban J connectivity index is 2.11. The predicted octanol–water partition coefficient (Wildman–Crippen LogP) is 3.37. The average molecular weight is 291 g/mol. The van der Waals surface area contributed by atoms with Gasteiger partial charge in [0.25, 0.3) is 0 Å². The molecule has 0 aliphatic carbocycles. The molecular weight excluding hydrogens is 266 g/mol. The summed E-state index contributed by atoms with van der Waals surface area (Å²) < 4.78 is 0. The zero-order valence-electron chi connectivity index (χ0n) is 12.7. The van der Waals surface area contributed by atoms with Crippen molar-refractivity contribution in [2.45, 2.75) is 40.0 Å². The highest BCUT2D eigenvalue weighted by Crippen LogP contribution is 2.34. The fourth-order valence-electron chi connectivity index (χ4n) is 2.93. The largest absolute Gasteiger partial charge is 0.388 e. The van der Waals surface area contributed by atoms with Gasteiger partial charge in [0.1, 0.15) is 10.8 Å². The molecule has 0 spiro atoms. The van der Waals surface area contributed by atoms with Crippen LogP contribution in [-0.2, 0) is 0 Å². The van der Waals surface area contributed by atoms with Crippen LogP contribution in [0.5, 0.6) is 0 Å². The molecule has 0 amide bonds. The lowest BCUT2D eigenvalue weighted by Gasteiger charge is -2.30. The summed E-state index contributed by atoms with van der Waals surface area (Å²) in [4.78, 5) is 7.32. The lowest BCUT2D eigenvalue weighted by molar-refractivity contribution is 0.220. The Hall–Kier alpha value is -1.16. The summed E-state index contributed by atoms with van der Waals surface area (Å²) in [5, 5.41) is 0. The average Bonchev–Trinajstić information content (AvgIpc) is 2.64. The number of anilines is 1. The molecule has 0 radical (unpaired) electrons. The monoisotopic (exact) mass is 291 g/mol. The molecule has 20 heavy (non-hydrogen) atoms. The molecule has 2 heterocycles. The second-order valence-corrected chi connectivity index (χ2v) is 7.17. The van der Waals surface area contributed by atoms with Gasteiger partial charge in [-0.25, -0.2) is 4.98 Å². The second kappa shape index (κ2) is 6.08. The minimum absolute atomic E-state index is 0.370. The third-order valence-corrected chi connectivity index (χ3v) is 4.47. The van der Waals surface area contributed by atoms with Gasteiger partial charge in [-0.3, -0.25) is 0 Å². The van der Waals surface area contributed by atoms with Crippen LogP contribution in [0, 0.1) is 11.3 Å². The Kier molecular flexibility index (Phi) is 4.63. The Morgan fingerprint density at radius 1 is 1.30 bits per heavy atom. The van der Waals surface area contributed by atoms with Gasteiger partial charge in [-0.05, 0) is 42.7 Å². The fourth-order valence-corrected chi connectivity index (χ4v) is 3.04. The summed E-state index contributed by atoms with van der Waals surface area (Å²) >= 11 is 5.01. The van der Waals surface area contributed by atoms with Crippen molar-refractivity contribution in [1.29, 1.82) is 0 Å². The molecule has 2 N–H and O–H groups in total. The number of thiocarbonyl (C=S) groups is 1. The van der Waals surface area contributed by atoms with Crippen molar-refractivity contribution in [3.8, 4) is 0 Å². The van der Waals surface area contributed by atoms with Gasteiger partial charge in [-0.15, -0.1) is 0 Å². The number of pyridine rings is 1. The van der Waals surface area contributed by atoms with Crippen molar-refractivity contribution >= 4 is 23.0 Å². The predicted molar refractivity (Wildman–Crippen MR) is 89.1 cm³/mol. The van der Waals surface area contributed by atoms with Gasteiger partial charge in [-0.2, -0.15) is 0 Å². The highest BCUT2D eigenvalue weighted by molar-refractivity contribution is 7.80. The fraction of sp³-hybridized carbons (Fsp3) is 0.625.